The van der Waals surface area contributed by atoms with Gasteiger partial charge in [0.25, 0.3) is 5.91 Å². The molecule has 1 saturated heterocycles. The number of likely N-dealkylation sites (tertiary alicyclic amines) is 1. The van der Waals surface area contributed by atoms with E-state index in [1.807, 2.05) is 31.2 Å². The molecule has 2 aromatic rings. The Hall–Kier alpha value is -3.41. The quantitative estimate of drug-likeness (QED) is 0.524. The van der Waals surface area contributed by atoms with Crippen molar-refractivity contribution in [3.05, 3.63) is 71.8 Å². The molecule has 1 heterocycles. The van der Waals surface area contributed by atoms with E-state index in [0.29, 0.717) is 28.8 Å². The third-order valence-electron chi connectivity index (χ3n) is 8.01. The molecule has 33 heavy (non-hydrogen) atoms. The third-order valence-corrected chi connectivity index (χ3v) is 8.01. The van der Waals surface area contributed by atoms with Crippen LogP contribution in [0.4, 0.5) is 5.69 Å². The Morgan fingerprint density at radius 1 is 1.00 bits per heavy atom. The van der Waals surface area contributed by atoms with Gasteiger partial charge < -0.3 is 4.74 Å². The Kier molecular flexibility index (Phi) is 4.47. The molecule has 4 aliphatic carbocycles. The highest BCUT2D eigenvalue weighted by molar-refractivity contribution is 6.10. The fraction of sp³-hybridized carbons (Fsp3) is 0.370. The van der Waals surface area contributed by atoms with E-state index in [1.165, 1.54) is 4.90 Å². The average molecular weight is 443 g/mol. The van der Waals surface area contributed by atoms with Gasteiger partial charge in [0.2, 0.25) is 11.8 Å². The Labute approximate surface area is 192 Å². The van der Waals surface area contributed by atoms with Crippen LogP contribution in [0.25, 0.3) is 0 Å². The molecular formula is C27H26N2O4. The minimum atomic E-state index is -0.276. The lowest BCUT2D eigenvalue weighted by atomic mass is 9.63. The fourth-order valence-electron chi connectivity index (χ4n) is 6.33. The van der Waals surface area contributed by atoms with E-state index in [4.69, 9.17) is 4.74 Å². The van der Waals surface area contributed by atoms with Gasteiger partial charge in [-0.3, -0.25) is 24.2 Å². The highest BCUT2D eigenvalue weighted by Gasteiger charge is 2.67. The molecule has 5 aliphatic rings. The van der Waals surface area contributed by atoms with Crippen molar-refractivity contribution in [2.24, 2.45) is 35.5 Å². The zero-order valence-electron chi connectivity index (χ0n) is 18.7. The molecule has 3 amide bonds. The molecule has 2 aromatic carbocycles. The number of benzene rings is 2. The van der Waals surface area contributed by atoms with E-state index >= 15 is 0 Å². The number of rotatable bonds is 5. The minimum Gasteiger partial charge on any atom is -0.497 e. The molecule has 2 saturated carbocycles. The molecule has 6 atom stereocenters. The van der Waals surface area contributed by atoms with E-state index in [1.54, 1.807) is 36.3 Å². The normalized spacial score (nSPS) is 30.8. The number of amides is 3. The molecule has 6 heteroatoms. The molecule has 0 aromatic heterocycles. The largest absolute Gasteiger partial charge is 0.497 e. The Bertz CT molecular complexity index is 1170. The standard InChI is InChI=1S/C27H26N2O4/c1-15-6-3-4-9-22(15)28(25(30)16-7-5-8-17(12-16)33-2)14-29-26(31)23-18-10-11-19(21-13-20(18)21)24(23)27(29)32/h3-12,18-21,23-24H,13-14H2,1-2H3/t18-,19-,20-,21+,23-,24-/m1/s1. The maximum atomic E-state index is 13.7. The van der Waals surface area contributed by atoms with Crippen molar-refractivity contribution >= 4 is 23.4 Å². The summed E-state index contributed by atoms with van der Waals surface area (Å²) in [5.41, 5.74) is 2.02. The van der Waals surface area contributed by atoms with Crippen molar-refractivity contribution in [3.8, 4) is 5.75 Å². The van der Waals surface area contributed by atoms with Crippen LogP contribution in [0.2, 0.25) is 0 Å². The number of hydrogen-bond donors (Lipinski definition) is 0. The predicted molar refractivity (Wildman–Crippen MR) is 122 cm³/mol. The smallest absolute Gasteiger partial charge is 0.259 e. The third kappa shape index (κ3) is 2.96. The Morgan fingerprint density at radius 2 is 1.67 bits per heavy atom. The Balaban J connectivity index is 1.35. The fourth-order valence-corrected chi connectivity index (χ4v) is 6.33. The van der Waals surface area contributed by atoms with Gasteiger partial charge in [0.15, 0.2) is 0 Å². The van der Waals surface area contributed by atoms with Gasteiger partial charge in [0, 0.05) is 11.3 Å². The van der Waals surface area contributed by atoms with Gasteiger partial charge in [0.1, 0.15) is 12.4 Å². The second-order valence-corrected chi connectivity index (χ2v) is 9.65. The number of anilines is 1. The number of aryl methyl sites for hydroxylation is 1. The van der Waals surface area contributed by atoms with Crippen LogP contribution in [-0.4, -0.2) is 36.4 Å². The average Bonchev–Trinajstić information content (AvgIpc) is 3.63. The maximum Gasteiger partial charge on any atom is 0.259 e. The first kappa shape index (κ1) is 20.2. The van der Waals surface area contributed by atoms with Gasteiger partial charge in [0.05, 0.1) is 18.9 Å². The van der Waals surface area contributed by atoms with Crippen LogP contribution in [0.15, 0.2) is 60.7 Å². The van der Waals surface area contributed by atoms with Crippen LogP contribution in [0.3, 0.4) is 0 Å². The Morgan fingerprint density at radius 3 is 2.30 bits per heavy atom. The van der Waals surface area contributed by atoms with E-state index in [9.17, 15) is 14.4 Å². The molecule has 6 nitrogen and oxygen atoms in total. The number of nitrogens with zero attached hydrogens (tertiary/aromatic N) is 2. The first-order chi connectivity index (χ1) is 16.0. The molecule has 0 unspecified atom stereocenters. The highest BCUT2D eigenvalue weighted by atomic mass is 16.5. The number of allylic oxidation sites excluding steroid dienone is 2. The number of carbonyl (C=O) groups is 3. The summed E-state index contributed by atoms with van der Waals surface area (Å²) in [5, 5.41) is 0. The lowest BCUT2D eigenvalue weighted by Gasteiger charge is -2.37. The van der Waals surface area contributed by atoms with Crippen molar-refractivity contribution in [1.29, 1.82) is 0 Å². The van der Waals surface area contributed by atoms with Crippen LogP contribution in [0, 0.1) is 42.4 Å². The molecule has 3 fully saturated rings. The lowest BCUT2D eigenvalue weighted by molar-refractivity contribution is -0.140. The van der Waals surface area contributed by atoms with Crippen LogP contribution >= 0.6 is 0 Å². The maximum absolute atomic E-state index is 13.7. The topological polar surface area (TPSA) is 66.9 Å². The second kappa shape index (κ2) is 7.30. The number of para-hydroxylation sites is 1. The molecule has 168 valence electrons. The molecule has 0 N–H and O–H groups in total. The van der Waals surface area contributed by atoms with E-state index < -0.39 is 0 Å². The summed E-state index contributed by atoms with van der Waals surface area (Å²) < 4.78 is 5.29. The molecule has 1 aliphatic heterocycles. The summed E-state index contributed by atoms with van der Waals surface area (Å²) in [7, 11) is 1.55. The van der Waals surface area contributed by atoms with Crippen molar-refractivity contribution in [2.45, 2.75) is 13.3 Å². The number of methoxy groups -OCH3 is 1. The first-order valence-corrected chi connectivity index (χ1v) is 11.5. The summed E-state index contributed by atoms with van der Waals surface area (Å²) in [6, 6.07) is 14.5. The van der Waals surface area contributed by atoms with Crippen molar-refractivity contribution in [2.75, 3.05) is 18.7 Å². The molecule has 0 spiro atoms. The van der Waals surface area contributed by atoms with Gasteiger partial charge in [-0.2, -0.15) is 0 Å². The van der Waals surface area contributed by atoms with Gasteiger partial charge in [-0.15, -0.1) is 0 Å². The van der Waals surface area contributed by atoms with Crippen LogP contribution in [0.5, 0.6) is 5.75 Å². The SMILES string of the molecule is COc1cccc(C(=O)N(CN2C(=O)[C@@H]3[C@@H]4C=C[C@H]([C@@H]5C[C@H]45)[C@H]3C2=O)c2ccccc2C)c1. The molecule has 0 radical (unpaired) electrons. The second-order valence-electron chi connectivity index (χ2n) is 9.65. The summed E-state index contributed by atoms with van der Waals surface area (Å²) in [5.74, 6) is 0.893. The highest BCUT2D eigenvalue weighted by Crippen LogP contribution is 2.65. The number of hydrogen-bond acceptors (Lipinski definition) is 4. The van der Waals surface area contributed by atoms with Crippen molar-refractivity contribution in [1.82, 2.24) is 4.90 Å². The van der Waals surface area contributed by atoms with Gasteiger partial charge in [-0.25, -0.2) is 0 Å². The number of imide groups is 1. The van der Waals surface area contributed by atoms with Crippen LogP contribution < -0.4 is 9.64 Å². The van der Waals surface area contributed by atoms with Gasteiger partial charge >= 0.3 is 0 Å². The van der Waals surface area contributed by atoms with Crippen molar-refractivity contribution < 1.29 is 19.1 Å². The minimum absolute atomic E-state index is 0.0830. The lowest BCUT2D eigenvalue weighted by Crippen LogP contribution is -2.45. The number of carbonyl (C=O) groups excluding carboxylic acids is 3. The summed E-state index contributed by atoms with van der Waals surface area (Å²) in [6.07, 6.45) is 5.45. The van der Waals surface area contributed by atoms with Crippen LogP contribution in [0.1, 0.15) is 22.3 Å². The summed E-state index contributed by atoms with van der Waals surface area (Å²) in [6.45, 7) is 1.84. The van der Waals surface area contributed by atoms with E-state index in [-0.39, 0.29) is 48.1 Å². The first-order valence-electron chi connectivity index (χ1n) is 11.5. The summed E-state index contributed by atoms with van der Waals surface area (Å²) in [4.78, 5) is 43.6. The zero-order valence-corrected chi connectivity index (χ0v) is 18.7. The molecular weight excluding hydrogens is 416 g/mol. The zero-order chi connectivity index (χ0) is 22.9. The number of ether oxygens (including phenoxy) is 1. The van der Waals surface area contributed by atoms with Gasteiger partial charge in [-0.05, 0) is 66.8 Å². The van der Waals surface area contributed by atoms with E-state index in [2.05, 4.69) is 12.2 Å². The summed E-state index contributed by atoms with van der Waals surface area (Å²) >= 11 is 0. The monoisotopic (exact) mass is 442 g/mol. The molecule has 7 rings (SSSR count). The van der Waals surface area contributed by atoms with Crippen LogP contribution in [-0.2, 0) is 9.59 Å². The predicted octanol–water partition coefficient (Wildman–Crippen LogP) is 3.66. The van der Waals surface area contributed by atoms with Gasteiger partial charge in [-0.1, -0.05) is 36.4 Å². The molecule has 2 bridgehead atoms. The van der Waals surface area contributed by atoms with E-state index in [0.717, 1.165) is 12.0 Å². The van der Waals surface area contributed by atoms with Crippen molar-refractivity contribution in [3.63, 3.8) is 0 Å².